The number of hydrogen-bond acceptors (Lipinski definition) is 2. The first-order chi connectivity index (χ1) is 8.13. The highest BCUT2D eigenvalue weighted by molar-refractivity contribution is 4.77. The van der Waals surface area contributed by atoms with Gasteiger partial charge in [0.1, 0.15) is 0 Å². The molecular weight excluding hydrogens is 212 g/mol. The van der Waals surface area contributed by atoms with Gasteiger partial charge >= 0.3 is 0 Å². The summed E-state index contributed by atoms with van der Waals surface area (Å²) in [5.74, 6) is 1.40. The third-order valence-corrected chi connectivity index (χ3v) is 4.00. The second-order valence-electron chi connectivity index (χ2n) is 5.87. The Bertz CT molecular complexity index is 183. The number of rotatable bonds is 7. The summed E-state index contributed by atoms with van der Waals surface area (Å²) in [5.41, 5.74) is 0. The van der Waals surface area contributed by atoms with Crippen molar-refractivity contribution < 1.29 is 9.84 Å². The maximum Gasteiger partial charge on any atom is 0.0801 e. The zero-order valence-electron chi connectivity index (χ0n) is 11.8. The molecular formula is C15H30O2. The fourth-order valence-electron chi connectivity index (χ4n) is 2.78. The molecule has 0 amide bonds. The van der Waals surface area contributed by atoms with E-state index in [1.165, 1.54) is 44.9 Å². The van der Waals surface area contributed by atoms with E-state index in [1.807, 2.05) is 13.8 Å². The van der Waals surface area contributed by atoms with E-state index in [4.69, 9.17) is 4.74 Å². The molecule has 0 saturated heterocycles. The van der Waals surface area contributed by atoms with Gasteiger partial charge in [-0.1, -0.05) is 39.0 Å². The summed E-state index contributed by atoms with van der Waals surface area (Å²) in [6, 6.07) is 0. The molecule has 0 aliphatic heterocycles. The van der Waals surface area contributed by atoms with E-state index in [2.05, 4.69) is 6.92 Å². The highest BCUT2D eigenvalue weighted by atomic mass is 16.5. The van der Waals surface area contributed by atoms with Crippen molar-refractivity contribution in [1.82, 2.24) is 0 Å². The molecule has 1 fully saturated rings. The Kier molecular flexibility index (Phi) is 7.14. The summed E-state index contributed by atoms with van der Waals surface area (Å²) >= 11 is 0. The molecule has 0 aromatic heterocycles. The van der Waals surface area contributed by atoms with Crippen LogP contribution >= 0.6 is 0 Å². The Labute approximate surface area is 107 Å². The molecule has 0 spiro atoms. The second-order valence-corrected chi connectivity index (χ2v) is 5.87. The van der Waals surface area contributed by atoms with Crippen LogP contribution in [0, 0.1) is 11.8 Å². The zero-order chi connectivity index (χ0) is 12.7. The Hall–Kier alpha value is -0.0800. The van der Waals surface area contributed by atoms with E-state index in [-0.39, 0.29) is 12.2 Å². The molecule has 0 aromatic rings. The van der Waals surface area contributed by atoms with Crippen LogP contribution < -0.4 is 0 Å². The molecule has 2 heteroatoms. The van der Waals surface area contributed by atoms with Crippen molar-refractivity contribution in [2.24, 2.45) is 11.8 Å². The number of ether oxygens (including phenoxy) is 1. The summed E-state index contributed by atoms with van der Waals surface area (Å²) in [7, 11) is 0. The zero-order valence-corrected chi connectivity index (χ0v) is 11.8. The summed E-state index contributed by atoms with van der Waals surface area (Å²) in [6.45, 7) is 6.82. The van der Waals surface area contributed by atoms with Crippen molar-refractivity contribution in [1.29, 1.82) is 0 Å². The van der Waals surface area contributed by atoms with E-state index < -0.39 is 0 Å². The number of hydrogen-bond donors (Lipinski definition) is 1. The minimum absolute atomic E-state index is 0.227. The average molecular weight is 242 g/mol. The lowest BCUT2D eigenvalue weighted by molar-refractivity contribution is -0.0299. The van der Waals surface area contributed by atoms with Crippen molar-refractivity contribution in [3.05, 3.63) is 0 Å². The van der Waals surface area contributed by atoms with Gasteiger partial charge in [-0.05, 0) is 38.5 Å². The summed E-state index contributed by atoms with van der Waals surface area (Å²) in [4.78, 5) is 0. The number of aliphatic hydroxyl groups is 1. The molecule has 1 rings (SSSR count). The van der Waals surface area contributed by atoms with Gasteiger partial charge in [-0.15, -0.1) is 0 Å². The van der Waals surface area contributed by atoms with Crippen molar-refractivity contribution in [2.45, 2.75) is 77.9 Å². The van der Waals surface area contributed by atoms with Crippen LogP contribution in [0.1, 0.15) is 65.7 Å². The van der Waals surface area contributed by atoms with E-state index in [9.17, 15) is 5.11 Å². The van der Waals surface area contributed by atoms with Gasteiger partial charge in [0.05, 0.1) is 18.8 Å². The highest BCUT2D eigenvalue weighted by Crippen LogP contribution is 2.33. The van der Waals surface area contributed by atoms with Crippen molar-refractivity contribution in [3.8, 4) is 0 Å². The molecule has 102 valence electrons. The molecule has 1 saturated carbocycles. The van der Waals surface area contributed by atoms with Gasteiger partial charge in [0.15, 0.2) is 0 Å². The average Bonchev–Trinajstić information content (AvgIpc) is 2.34. The smallest absolute Gasteiger partial charge is 0.0801 e. The first-order valence-corrected chi connectivity index (χ1v) is 7.43. The van der Waals surface area contributed by atoms with Crippen LogP contribution in [-0.4, -0.2) is 23.9 Å². The number of unbranched alkanes of at least 4 members (excludes halogenated alkanes) is 1. The quantitative estimate of drug-likeness (QED) is 0.736. The molecule has 0 aromatic carbocycles. The minimum atomic E-state index is -0.246. The molecule has 17 heavy (non-hydrogen) atoms. The van der Waals surface area contributed by atoms with Crippen LogP contribution in [0.5, 0.6) is 0 Å². The van der Waals surface area contributed by atoms with E-state index >= 15 is 0 Å². The molecule has 0 radical (unpaired) electrons. The first kappa shape index (κ1) is 15.0. The molecule has 0 heterocycles. The number of aliphatic hydroxyl groups excluding tert-OH is 1. The third-order valence-electron chi connectivity index (χ3n) is 4.00. The van der Waals surface area contributed by atoms with Gasteiger partial charge in [-0.2, -0.15) is 0 Å². The van der Waals surface area contributed by atoms with Crippen molar-refractivity contribution >= 4 is 0 Å². The van der Waals surface area contributed by atoms with Crippen molar-refractivity contribution in [3.63, 3.8) is 0 Å². The Balaban J connectivity index is 2.17. The van der Waals surface area contributed by atoms with Gasteiger partial charge in [-0.3, -0.25) is 0 Å². The fourth-order valence-corrected chi connectivity index (χ4v) is 2.78. The first-order valence-electron chi connectivity index (χ1n) is 7.43. The van der Waals surface area contributed by atoms with Crippen LogP contribution in [-0.2, 0) is 4.74 Å². The van der Waals surface area contributed by atoms with Crippen LogP contribution in [0.4, 0.5) is 0 Å². The van der Waals surface area contributed by atoms with Crippen LogP contribution in [0.25, 0.3) is 0 Å². The van der Waals surface area contributed by atoms with Gasteiger partial charge < -0.3 is 9.84 Å². The van der Waals surface area contributed by atoms with Gasteiger partial charge in [-0.25, -0.2) is 0 Å². The van der Waals surface area contributed by atoms with Crippen molar-refractivity contribution in [2.75, 3.05) is 6.61 Å². The highest BCUT2D eigenvalue weighted by Gasteiger charge is 2.26. The maximum atomic E-state index is 10.1. The van der Waals surface area contributed by atoms with E-state index in [0.29, 0.717) is 12.5 Å². The fraction of sp³-hybridized carbons (Fsp3) is 1.00. The Morgan fingerprint density at radius 1 is 1.18 bits per heavy atom. The topological polar surface area (TPSA) is 29.5 Å². The minimum Gasteiger partial charge on any atom is -0.390 e. The van der Waals surface area contributed by atoms with E-state index in [1.54, 1.807) is 0 Å². The normalized spacial score (nSPS) is 27.4. The van der Waals surface area contributed by atoms with Crippen LogP contribution in [0.3, 0.4) is 0 Å². The molecule has 2 nitrogen and oxygen atoms in total. The molecule has 1 aliphatic rings. The predicted octanol–water partition coefficient (Wildman–Crippen LogP) is 3.77. The lowest BCUT2D eigenvalue weighted by Gasteiger charge is -2.31. The van der Waals surface area contributed by atoms with Crippen LogP contribution in [0.15, 0.2) is 0 Å². The second kappa shape index (κ2) is 8.10. The third kappa shape index (κ3) is 5.87. The monoisotopic (exact) mass is 242 g/mol. The lowest BCUT2D eigenvalue weighted by atomic mass is 9.78. The molecule has 0 bridgehead atoms. The largest absolute Gasteiger partial charge is 0.390 e. The van der Waals surface area contributed by atoms with E-state index in [0.717, 1.165) is 5.92 Å². The Morgan fingerprint density at radius 3 is 2.35 bits per heavy atom. The van der Waals surface area contributed by atoms with Gasteiger partial charge in [0, 0.05) is 0 Å². The molecule has 1 N–H and O–H groups in total. The SMILES string of the molecule is CCCCC1CCC(C(O)COC(C)C)CC1. The standard InChI is InChI=1S/C15H30O2/c1-4-5-6-13-7-9-14(10-8-13)15(16)11-17-12(2)3/h12-16H,4-11H2,1-3H3. The maximum absolute atomic E-state index is 10.1. The molecule has 1 atom stereocenters. The summed E-state index contributed by atoms with van der Waals surface area (Å²) < 4.78 is 5.50. The summed E-state index contributed by atoms with van der Waals surface area (Å²) in [6.07, 6.45) is 9.05. The van der Waals surface area contributed by atoms with Gasteiger partial charge in [0.25, 0.3) is 0 Å². The Morgan fingerprint density at radius 2 is 1.82 bits per heavy atom. The van der Waals surface area contributed by atoms with Gasteiger partial charge in [0.2, 0.25) is 0 Å². The summed E-state index contributed by atoms with van der Waals surface area (Å²) in [5, 5.41) is 10.1. The van der Waals surface area contributed by atoms with Crippen LogP contribution in [0.2, 0.25) is 0 Å². The predicted molar refractivity (Wildman–Crippen MR) is 72.1 cm³/mol. The molecule has 1 unspecified atom stereocenters. The molecule has 1 aliphatic carbocycles. The lowest BCUT2D eigenvalue weighted by Crippen LogP contribution is -2.30.